The van der Waals surface area contributed by atoms with Gasteiger partial charge in [0.05, 0.1) is 12.0 Å². The first kappa shape index (κ1) is 22.1. The molecule has 1 aromatic heterocycles. The average Bonchev–Trinajstić information content (AvgIpc) is 3.12. The molecule has 0 atom stereocenters. The molecular formula is C21H23N3O4S. The average molecular weight is 413 g/mol. The van der Waals surface area contributed by atoms with Crippen molar-refractivity contribution in [2.45, 2.75) is 32.6 Å². The third kappa shape index (κ3) is 6.73. The van der Waals surface area contributed by atoms with Crippen LogP contribution in [0.1, 0.15) is 48.7 Å². The molecule has 0 aliphatic heterocycles. The first-order valence-corrected chi connectivity index (χ1v) is 9.90. The number of hydrogen-bond acceptors (Lipinski definition) is 6. The highest BCUT2D eigenvalue weighted by Crippen LogP contribution is 2.22. The Balaban J connectivity index is 1.70. The molecule has 0 saturated heterocycles. The van der Waals surface area contributed by atoms with Crippen LogP contribution in [0.2, 0.25) is 0 Å². The van der Waals surface area contributed by atoms with Gasteiger partial charge in [-0.1, -0.05) is 32.9 Å². The Morgan fingerprint density at radius 3 is 2.45 bits per heavy atom. The van der Waals surface area contributed by atoms with Crippen LogP contribution in [0.5, 0.6) is 0 Å². The normalized spacial score (nSPS) is 10.7. The number of rotatable bonds is 7. The van der Waals surface area contributed by atoms with Crippen molar-refractivity contribution in [1.82, 2.24) is 5.32 Å². The number of nitriles is 1. The fraction of sp³-hybridized carbons (Fsp3) is 0.333. The Morgan fingerprint density at radius 1 is 1.14 bits per heavy atom. The molecule has 2 N–H and O–H groups in total. The fourth-order valence-electron chi connectivity index (χ4n) is 2.38. The lowest BCUT2D eigenvalue weighted by Crippen LogP contribution is -2.27. The molecule has 0 radical (unpaired) electrons. The number of amides is 2. The van der Waals surface area contributed by atoms with E-state index >= 15 is 0 Å². The smallest absolute Gasteiger partial charge is 0.308 e. The lowest BCUT2D eigenvalue weighted by molar-refractivity contribution is -0.147. The zero-order chi connectivity index (χ0) is 21.4. The van der Waals surface area contributed by atoms with Crippen LogP contribution in [0.4, 0.5) is 5.00 Å². The molecule has 8 heteroatoms. The monoisotopic (exact) mass is 413 g/mol. The zero-order valence-electron chi connectivity index (χ0n) is 16.6. The molecule has 0 aliphatic rings. The maximum absolute atomic E-state index is 12.1. The van der Waals surface area contributed by atoms with Crippen molar-refractivity contribution in [2.75, 3.05) is 18.5 Å². The van der Waals surface area contributed by atoms with Crippen molar-refractivity contribution < 1.29 is 19.1 Å². The lowest BCUT2D eigenvalue weighted by Gasteiger charge is -2.19. The molecule has 0 spiro atoms. The Morgan fingerprint density at radius 2 is 1.83 bits per heavy atom. The lowest BCUT2D eigenvalue weighted by atomic mass is 9.87. The molecule has 1 heterocycles. The van der Waals surface area contributed by atoms with Gasteiger partial charge in [-0.15, -0.1) is 11.3 Å². The van der Waals surface area contributed by atoms with Gasteiger partial charge >= 0.3 is 5.97 Å². The summed E-state index contributed by atoms with van der Waals surface area (Å²) in [6.07, 6.45) is -0.0540. The van der Waals surface area contributed by atoms with E-state index in [0.717, 1.165) is 5.56 Å². The van der Waals surface area contributed by atoms with Crippen LogP contribution in [-0.2, 0) is 19.7 Å². The van der Waals surface area contributed by atoms with Gasteiger partial charge in [-0.05, 0) is 34.6 Å². The fourth-order valence-corrected chi connectivity index (χ4v) is 3.13. The van der Waals surface area contributed by atoms with E-state index in [1.54, 1.807) is 23.6 Å². The van der Waals surface area contributed by atoms with Crippen molar-refractivity contribution >= 4 is 34.1 Å². The van der Waals surface area contributed by atoms with E-state index in [-0.39, 0.29) is 24.3 Å². The van der Waals surface area contributed by atoms with E-state index in [9.17, 15) is 14.4 Å². The van der Waals surface area contributed by atoms with Gasteiger partial charge in [0.1, 0.15) is 11.1 Å². The van der Waals surface area contributed by atoms with Gasteiger partial charge in [0, 0.05) is 12.1 Å². The summed E-state index contributed by atoms with van der Waals surface area (Å²) in [5.41, 5.74) is 1.99. The third-order valence-electron chi connectivity index (χ3n) is 4.03. The van der Waals surface area contributed by atoms with Crippen LogP contribution >= 0.6 is 11.3 Å². The summed E-state index contributed by atoms with van der Waals surface area (Å²) in [5.74, 6) is -1.41. The Hall–Kier alpha value is -3.18. The minimum absolute atomic E-state index is 0.00469. The number of thiophene rings is 1. The number of hydrogen-bond donors (Lipinski definition) is 2. The SMILES string of the molecule is CC(C)(C)c1ccc(C(=O)NCCC(=O)OCC(=O)Nc2sccc2C#N)cc1. The number of benzene rings is 1. The van der Waals surface area contributed by atoms with Gasteiger partial charge in [0.25, 0.3) is 11.8 Å². The molecule has 7 nitrogen and oxygen atoms in total. The first-order valence-electron chi connectivity index (χ1n) is 9.02. The largest absolute Gasteiger partial charge is 0.456 e. The maximum Gasteiger partial charge on any atom is 0.308 e. The topological polar surface area (TPSA) is 108 Å². The second-order valence-corrected chi connectivity index (χ2v) is 8.23. The Labute approximate surface area is 173 Å². The number of nitrogens with zero attached hydrogens (tertiary/aromatic N) is 1. The summed E-state index contributed by atoms with van der Waals surface area (Å²) in [6, 6.07) is 10.9. The molecule has 2 rings (SSSR count). The molecule has 29 heavy (non-hydrogen) atoms. The van der Waals surface area contributed by atoms with Crippen molar-refractivity contribution in [3.8, 4) is 6.07 Å². The van der Waals surface area contributed by atoms with Crippen molar-refractivity contribution in [3.63, 3.8) is 0 Å². The molecule has 2 aromatic rings. The van der Waals surface area contributed by atoms with Crippen LogP contribution in [0.3, 0.4) is 0 Å². The highest BCUT2D eigenvalue weighted by molar-refractivity contribution is 7.14. The molecule has 0 bridgehead atoms. The number of anilines is 1. The van der Waals surface area contributed by atoms with Gasteiger partial charge in [-0.2, -0.15) is 5.26 Å². The highest BCUT2D eigenvalue weighted by Gasteiger charge is 2.15. The highest BCUT2D eigenvalue weighted by atomic mass is 32.1. The summed E-state index contributed by atoms with van der Waals surface area (Å²) in [4.78, 5) is 35.7. The van der Waals surface area contributed by atoms with Crippen molar-refractivity contribution in [2.24, 2.45) is 0 Å². The summed E-state index contributed by atoms with van der Waals surface area (Å²) in [7, 11) is 0. The summed E-state index contributed by atoms with van der Waals surface area (Å²) >= 11 is 1.21. The second kappa shape index (κ2) is 9.85. The van der Waals surface area contributed by atoms with Crippen molar-refractivity contribution in [1.29, 1.82) is 5.26 Å². The number of carbonyl (C=O) groups is 3. The van der Waals surface area contributed by atoms with Crippen molar-refractivity contribution in [3.05, 3.63) is 52.4 Å². The first-order chi connectivity index (χ1) is 13.7. The molecular weight excluding hydrogens is 390 g/mol. The summed E-state index contributed by atoms with van der Waals surface area (Å²) in [5, 5.41) is 16.2. The van der Waals surface area contributed by atoms with Crippen LogP contribution in [0, 0.1) is 11.3 Å². The van der Waals surface area contributed by atoms with Gasteiger partial charge in [-0.25, -0.2) is 0 Å². The summed E-state index contributed by atoms with van der Waals surface area (Å²) < 4.78 is 4.89. The number of ether oxygens (including phenoxy) is 1. The molecule has 1 aromatic carbocycles. The maximum atomic E-state index is 12.1. The molecule has 152 valence electrons. The molecule has 0 fully saturated rings. The van der Waals surface area contributed by atoms with Crippen LogP contribution in [0.25, 0.3) is 0 Å². The third-order valence-corrected chi connectivity index (χ3v) is 4.86. The molecule has 2 amide bonds. The van der Waals surface area contributed by atoms with E-state index in [0.29, 0.717) is 16.1 Å². The minimum Gasteiger partial charge on any atom is -0.456 e. The number of nitrogens with one attached hydrogen (secondary N) is 2. The van der Waals surface area contributed by atoms with Crippen LogP contribution in [-0.4, -0.2) is 30.9 Å². The predicted octanol–water partition coefficient (Wildman–Crippen LogP) is 3.22. The Kier molecular flexibility index (Phi) is 7.51. The van der Waals surface area contributed by atoms with E-state index < -0.39 is 18.5 Å². The molecule has 0 aliphatic carbocycles. The van der Waals surface area contributed by atoms with Gasteiger partial charge < -0.3 is 15.4 Å². The number of carbonyl (C=O) groups excluding carboxylic acids is 3. The second-order valence-electron chi connectivity index (χ2n) is 7.32. The molecule has 0 saturated carbocycles. The van der Waals surface area contributed by atoms with Gasteiger partial charge in [0.2, 0.25) is 0 Å². The van der Waals surface area contributed by atoms with Gasteiger partial charge in [0.15, 0.2) is 6.61 Å². The quantitative estimate of drug-likeness (QED) is 0.678. The molecule has 0 unspecified atom stereocenters. The van der Waals surface area contributed by atoms with E-state index in [1.807, 2.05) is 18.2 Å². The van der Waals surface area contributed by atoms with E-state index in [2.05, 4.69) is 31.4 Å². The standard InChI is InChI=1S/C21H23N3O4S/c1-21(2,3)16-6-4-14(5-7-16)19(27)23-10-8-18(26)28-13-17(25)24-20-15(12-22)9-11-29-20/h4-7,9,11H,8,10,13H2,1-3H3,(H,23,27)(H,24,25). The van der Waals surface area contributed by atoms with Crippen LogP contribution < -0.4 is 10.6 Å². The summed E-state index contributed by atoms with van der Waals surface area (Å²) in [6.45, 7) is 5.93. The van der Waals surface area contributed by atoms with Crippen LogP contribution in [0.15, 0.2) is 35.7 Å². The van der Waals surface area contributed by atoms with E-state index in [1.165, 1.54) is 11.3 Å². The number of esters is 1. The van der Waals surface area contributed by atoms with Gasteiger partial charge in [-0.3, -0.25) is 14.4 Å². The Bertz CT molecular complexity index is 921. The minimum atomic E-state index is -0.602. The predicted molar refractivity (Wildman–Crippen MR) is 111 cm³/mol. The van der Waals surface area contributed by atoms with E-state index in [4.69, 9.17) is 10.00 Å². The zero-order valence-corrected chi connectivity index (χ0v) is 17.4.